The van der Waals surface area contributed by atoms with Gasteiger partial charge in [-0.2, -0.15) is 0 Å². The van der Waals surface area contributed by atoms with E-state index in [0.717, 1.165) is 0 Å². The number of furan rings is 1. The Balaban J connectivity index is 1.65. The summed E-state index contributed by atoms with van der Waals surface area (Å²) in [4.78, 5) is 26.8. The van der Waals surface area contributed by atoms with Gasteiger partial charge in [0, 0.05) is 5.56 Å². The summed E-state index contributed by atoms with van der Waals surface area (Å²) in [7, 11) is 1.54. The number of hydrogen-bond acceptors (Lipinski definition) is 5. The largest absolute Gasteiger partial charge is 0.497 e. The molecule has 0 unspecified atom stereocenters. The van der Waals surface area contributed by atoms with Crippen molar-refractivity contribution in [3.63, 3.8) is 0 Å². The first kappa shape index (κ1) is 21.1. The monoisotopic (exact) mass is 472 g/mol. The standard InChI is InChI=1S/C22H14Cl2N2O4S/c1-29-14-5-3-13(4-6-14)26-21(28)16(20(27)25-22(26)31)11-15-7-9-19(30-15)12-2-8-17(23)18(24)10-12/h2-11H,1H3,(H,25,27,31)/b16-11-. The molecule has 2 heterocycles. The fourth-order valence-electron chi connectivity index (χ4n) is 3.00. The lowest BCUT2D eigenvalue weighted by Gasteiger charge is -2.28. The van der Waals surface area contributed by atoms with Crippen molar-refractivity contribution < 1.29 is 18.7 Å². The van der Waals surface area contributed by atoms with Crippen LogP contribution in [0.4, 0.5) is 5.69 Å². The van der Waals surface area contributed by atoms with Crippen LogP contribution in [-0.4, -0.2) is 24.0 Å². The number of nitrogens with one attached hydrogen (secondary N) is 1. The molecule has 9 heteroatoms. The molecule has 0 saturated carbocycles. The molecule has 0 aliphatic carbocycles. The molecular formula is C22H14Cl2N2O4S. The van der Waals surface area contributed by atoms with Gasteiger partial charge < -0.3 is 9.15 Å². The molecule has 31 heavy (non-hydrogen) atoms. The zero-order valence-corrected chi connectivity index (χ0v) is 18.3. The van der Waals surface area contributed by atoms with Gasteiger partial charge in [-0.05, 0) is 72.9 Å². The zero-order valence-electron chi connectivity index (χ0n) is 16.0. The molecule has 1 N–H and O–H groups in total. The number of rotatable bonds is 4. The molecule has 3 aromatic rings. The van der Waals surface area contributed by atoms with Crippen molar-refractivity contribution in [1.29, 1.82) is 0 Å². The molecule has 0 bridgehead atoms. The summed E-state index contributed by atoms with van der Waals surface area (Å²) in [6, 6.07) is 15.2. The number of hydrogen-bond donors (Lipinski definition) is 1. The van der Waals surface area contributed by atoms with Crippen molar-refractivity contribution in [3.8, 4) is 17.1 Å². The third-order valence-electron chi connectivity index (χ3n) is 4.55. The second kappa shape index (κ2) is 8.55. The molecule has 0 spiro atoms. The van der Waals surface area contributed by atoms with Crippen LogP contribution in [0.2, 0.25) is 10.0 Å². The number of carbonyl (C=O) groups excluding carboxylic acids is 2. The Morgan fingerprint density at radius 2 is 1.77 bits per heavy atom. The Morgan fingerprint density at radius 1 is 1.03 bits per heavy atom. The van der Waals surface area contributed by atoms with Crippen LogP contribution in [0, 0.1) is 0 Å². The van der Waals surface area contributed by atoms with E-state index in [-0.39, 0.29) is 10.7 Å². The highest BCUT2D eigenvalue weighted by Gasteiger charge is 2.34. The van der Waals surface area contributed by atoms with E-state index in [1.807, 2.05) is 0 Å². The lowest BCUT2D eigenvalue weighted by atomic mass is 10.1. The van der Waals surface area contributed by atoms with Crippen molar-refractivity contribution in [2.24, 2.45) is 0 Å². The summed E-state index contributed by atoms with van der Waals surface area (Å²) in [5.41, 5.74) is 1.09. The summed E-state index contributed by atoms with van der Waals surface area (Å²) < 4.78 is 10.9. The minimum atomic E-state index is -0.604. The molecule has 1 fully saturated rings. The Hall–Kier alpha value is -3.13. The lowest BCUT2D eigenvalue weighted by molar-refractivity contribution is -0.122. The Kier molecular flexibility index (Phi) is 5.82. The number of amides is 2. The van der Waals surface area contributed by atoms with Crippen LogP contribution in [0.3, 0.4) is 0 Å². The summed E-state index contributed by atoms with van der Waals surface area (Å²) >= 11 is 17.2. The number of methoxy groups -OCH3 is 1. The van der Waals surface area contributed by atoms with E-state index in [2.05, 4.69) is 5.32 Å². The van der Waals surface area contributed by atoms with Crippen LogP contribution in [-0.2, 0) is 9.59 Å². The molecule has 156 valence electrons. The van der Waals surface area contributed by atoms with E-state index in [9.17, 15) is 9.59 Å². The third kappa shape index (κ3) is 4.20. The van der Waals surface area contributed by atoms with E-state index in [0.29, 0.717) is 38.6 Å². The minimum absolute atomic E-state index is 0.00624. The van der Waals surface area contributed by atoms with Crippen LogP contribution in [0.5, 0.6) is 5.75 Å². The van der Waals surface area contributed by atoms with E-state index in [1.165, 1.54) is 11.0 Å². The van der Waals surface area contributed by atoms with Crippen molar-refractivity contribution in [1.82, 2.24) is 5.32 Å². The molecule has 4 rings (SSSR count). The average molecular weight is 473 g/mol. The minimum Gasteiger partial charge on any atom is -0.497 e. The molecule has 1 saturated heterocycles. The molecule has 1 aromatic heterocycles. The normalized spacial score (nSPS) is 15.4. The van der Waals surface area contributed by atoms with Gasteiger partial charge in [-0.25, -0.2) is 0 Å². The number of anilines is 1. The van der Waals surface area contributed by atoms with Gasteiger partial charge in [0.15, 0.2) is 5.11 Å². The van der Waals surface area contributed by atoms with Crippen molar-refractivity contribution in [2.75, 3.05) is 12.0 Å². The molecule has 1 aliphatic heterocycles. The number of nitrogens with zero attached hydrogens (tertiary/aromatic N) is 1. The number of ether oxygens (including phenoxy) is 1. The Bertz CT molecular complexity index is 1230. The molecule has 2 amide bonds. The summed E-state index contributed by atoms with van der Waals surface area (Å²) in [6.07, 6.45) is 1.37. The fourth-order valence-corrected chi connectivity index (χ4v) is 3.58. The summed E-state index contributed by atoms with van der Waals surface area (Å²) in [5.74, 6) is 0.293. The van der Waals surface area contributed by atoms with Crippen molar-refractivity contribution in [2.45, 2.75) is 0 Å². The third-order valence-corrected chi connectivity index (χ3v) is 5.57. The highest BCUT2D eigenvalue weighted by atomic mass is 35.5. The molecule has 2 aromatic carbocycles. The second-order valence-electron chi connectivity index (χ2n) is 6.49. The van der Waals surface area contributed by atoms with Crippen molar-refractivity contribution in [3.05, 3.63) is 76.0 Å². The maximum absolute atomic E-state index is 13.1. The van der Waals surface area contributed by atoms with E-state index >= 15 is 0 Å². The maximum atomic E-state index is 13.1. The first-order valence-electron chi connectivity index (χ1n) is 8.98. The van der Waals surface area contributed by atoms with Gasteiger partial charge in [0.1, 0.15) is 22.8 Å². The Morgan fingerprint density at radius 3 is 2.45 bits per heavy atom. The van der Waals surface area contributed by atoms with E-state index in [1.54, 1.807) is 61.7 Å². The predicted molar refractivity (Wildman–Crippen MR) is 123 cm³/mol. The summed E-state index contributed by atoms with van der Waals surface area (Å²) in [5, 5.41) is 3.35. The van der Waals surface area contributed by atoms with Gasteiger partial charge in [-0.1, -0.05) is 23.2 Å². The smallest absolute Gasteiger partial charge is 0.270 e. The molecular weight excluding hydrogens is 459 g/mol. The quantitative estimate of drug-likeness (QED) is 0.325. The SMILES string of the molecule is COc1ccc(N2C(=O)/C(=C\c3ccc(-c4ccc(Cl)c(Cl)c4)o3)C(=O)NC2=S)cc1. The van der Waals surface area contributed by atoms with Gasteiger partial charge in [-0.3, -0.25) is 19.8 Å². The predicted octanol–water partition coefficient (Wildman–Crippen LogP) is 5.09. The molecule has 0 radical (unpaired) electrons. The van der Waals surface area contributed by atoms with E-state index in [4.69, 9.17) is 44.6 Å². The van der Waals surface area contributed by atoms with Crippen LogP contribution in [0.25, 0.3) is 17.4 Å². The first-order valence-corrected chi connectivity index (χ1v) is 10.1. The highest BCUT2D eigenvalue weighted by molar-refractivity contribution is 7.80. The lowest BCUT2D eigenvalue weighted by Crippen LogP contribution is -2.54. The highest BCUT2D eigenvalue weighted by Crippen LogP contribution is 2.30. The second-order valence-corrected chi connectivity index (χ2v) is 7.69. The maximum Gasteiger partial charge on any atom is 0.270 e. The average Bonchev–Trinajstić information content (AvgIpc) is 3.22. The molecule has 1 aliphatic rings. The van der Waals surface area contributed by atoms with Gasteiger partial charge in [0.25, 0.3) is 11.8 Å². The summed E-state index contributed by atoms with van der Waals surface area (Å²) in [6.45, 7) is 0. The van der Waals surface area contributed by atoms with Crippen LogP contribution >= 0.6 is 35.4 Å². The van der Waals surface area contributed by atoms with Crippen molar-refractivity contribution >= 4 is 64.1 Å². The van der Waals surface area contributed by atoms with E-state index < -0.39 is 11.8 Å². The number of benzene rings is 2. The number of thiocarbonyl (C=S) groups is 1. The van der Waals surface area contributed by atoms with Gasteiger partial charge in [0.05, 0.1) is 22.8 Å². The van der Waals surface area contributed by atoms with Gasteiger partial charge in [0.2, 0.25) is 0 Å². The van der Waals surface area contributed by atoms with Crippen LogP contribution in [0.15, 0.2) is 64.6 Å². The van der Waals surface area contributed by atoms with Crippen LogP contribution < -0.4 is 15.0 Å². The topological polar surface area (TPSA) is 71.8 Å². The first-order chi connectivity index (χ1) is 14.9. The molecule has 6 nitrogen and oxygen atoms in total. The molecule has 0 atom stereocenters. The number of halogens is 2. The zero-order chi connectivity index (χ0) is 22.1. The van der Waals surface area contributed by atoms with Crippen LogP contribution in [0.1, 0.15) is 5.76 Å². The number of carbonyl (C=O) groups is 2. The Labute approximate surface area is 193 Å². The fraction of sp³-hybridized carbons (Fsp3) is 0.0455. The van der Waals surface area contributed by atoms with Gasteiger partial charge >= 0.3 is 0 Å². The van der Waals surface area contributed by atoms with Gasteiger partial charge in [-0.15, -0.1) is 0 Å².